The van der Waals surface area contributed by atoms with Gasteiger partial charge in [0.2, 0.25) is 0 Å². The second-order valence-corrected chi connectivity index (χ2v) is 24.2. The van der Waals surface area contributed by atoms with E-state index < -0.39 is 0 Å². The predicted molar refractivity (Wildman–Crippen MR) is 337 cm³/mol. The number of carbonyl (C=O) groups is 2. The minimum Gasteiger partial charge on any atom is -0.493 e. The minimum atomic E-state index is -0.0929. The molecule has 0 unspecified atom stereocenters. The number of nitrogens with one attached hydrogen (secondary N) is 2. The molecule has 0 atom stereocenters. The van der Waals surface area contributed by atoms with Gasteiger partial charge in [0.25, 0.3) is 11.8 Å². The largest absolute Gasteiger partial charge is 0.493 e. The molecule has 446 valence electrons. The Balaban J connectivity index is 2.23. The van der Waals surface area contributed by atoms with Crippen LogP contribution in [0, 0.1) is 0 Å². The van der Waals surface area contributed by atoms with Gasteiger partial charge in [-0.3, -0.25) is 9.59 Å². The van der Waals surface area contributed by atoms with Crippen molar-refractivity contribution in [2.24, 2.45) is 0 Å². The summed E-state index contributed by atoms with van der Waals surface area (Å²) in [6.45, 7) is 8.82. The van der Waals surface area contributed by atoms with E-state index in [0.29, 0.717) is 36.6 Å². The standard InChI is InChI=1S/C71H134N2O3/c1-4-7-10-13-16-19-22-24-26-28-30-32-34-36-38-40-42-44-46-49-52-55-58-63-72-70(74)67-61-62-68(69(66-67)76-65-60-57-54-51-48-21-18-15-12-9-6-3)71(75)73-64-59-56-53-50-47-45-43-41-39-37-35-33-31-29-27-25-23-20-17-14-11-8-5-2/h61-62,66H,4-60,63-65H2,1-3H3,(H,72,74)(H,73,75). The monoisotopic (exact) mass is 1060 g/mol. The van der Waals surface area contributed by atoms with Crippen LogP contribution in [0.5, 0.6) is 5.75 Å². The molecular formula is C71H134N2O3. The van der Waals surface area contributed by atoms with Crippen molar-refractivity contribution < 1.29 is 14.3 Å². The van der Waals surface area contributed by atoms with Crippen molar-refractivity contribution in [1.29, 1.82) is 0 Å². The van der Waals surface area contributed by atoms with Crippen LogP contribution >= 0.6 is 0 Å². The van der Waals surface area contributed by atoms with E-state index in [9.17, 15) is 9.59 Å². The van der Waals surface area contributed by atoms with Crippen LogP contribution in [0.15, 0.2) is 18.2 Å². The molecule has 2 N–H and O–H groups in total. The highest BCUT2D eigenvalue weighted by molar-refractivity contribution is 6.00. The number of ether oxygens (including phenoxy) is 1. The van der Waals surface area contributed by atoms with Crippen LogP contribution in [0.25, 0.3) is 0 Å². The van der Waals surface area contributed by atoms with Crippen molar-refractivity contribution in [2.45, 2.75) is 387 Å². The van der Waals surface area contributed by atoms with Crippen molar-refractivity contribution in [1.82, 2.24) is 10.6 Å². The van der Waals surface area contributed by atoms with Gasteiger partial charge < -0.3 is 15.4 Å². The fourth-order valence-corrected chi connectivity index (χ4v) is 11.3. The van der Waals surface area contributed by atoms with Gasteiger partial charge in [-0.1, -0.05) is 367 Å². The number of unbranched alkanes of at least 4 members (excludes halogenated alkanes) is 54. The second-order valence-electron chi connectivity index (χ2n) is 24.2. The minimum absolute atomic E-state index is 0.0738. The molecule has 0 aliphatic carbocycles. The SMILES string of the molecule is CCCCCCCCCCCCCCCCCCCCCCCCCNC(=O)c1ccc(C(=O)NCCCCCCCCCCCCCCCCCCCCCCCCC)c(OCCCCCCCCCCCCC)c1. The van der Waals surface area contributed by atoms with Crippen molar-refractivity contribution in [3.05, 3.63) is 29.3 Å². The summed E-state index contributed by atoms with van der Waals surface area (Å²) in [4.78, 5) is 26.8. The first-order valence-electron chi connectivity index (χ1n) is 35.0. The summed E-state index contributed by atoms with van der Waals surface area (Å²) in [5.74, 6) is 0.376. The third-order valence-corrected chi connectivity index (χ3v) is 16.6. The molecule has 5 heteroatoms. The highest BCUT2D eigenvalue weighted by atomic mass is 16.5. The Morgan fingerprint density at radius 2 is 0.513 bits per heavy atom. The lowest BCUT2D eigenvalue weighted by Gasteiger charge is -2.14. The first-order chi connectivity index (χ1) is 37.6. The zero-order valence-electron chi connectivity index (χ0n) is 51.9. The van der Waals surface area contributed by atoms with Gasteiger partial charge in [-0.05, 0) is 37.5 Å². The van der Waals surface area contributed by atoms with Crippen LogP contribution in [0.2, 0.25) is 0 Å². The molecule has 1 aromatic rings. The highest BCUT2D eigenvalue weighted by Crippen LogP contribution is 2.23. The van der Waals surface area contributed by atoms with E-state index in [4.69, 9.17) is 4.74 Å². The van der Waals surface area contributed by atoms with Crippen LogP contribution in [-0.4, -0.2) is 31.5 Å². The normalized spacial score (nSPS) is 11.5. The van der Waals surface area contributed by atoms with E-state index in [0.717, 1.165) is 38.5 Å². The molecule has 0 saturated heterocycles. The Bertz CT molecular complexity index is 1330. The molecule has 2 amide bonds. The maximum Gasteiger partial charge on any atom is 0.255 e. The Labute approximate surface area is 476 Å². The molecule has 1 rings (SSSR count). The molecule has 0 heterocycles. The van der Waals surface area contributed by atoms with Crippen LogP contribution in [0.1, 0.15) is 407 Å². The van der Waals surface area contributed by atoms with Gasteiger partial charge in [0.05, 0.1) is 12.2 Å². The summed E-state index contributed by atoms with van der Waals surface area (Å²) in [7, 11) is 0. The number of rotatable bonds is 63. The number of hydrogen-bond donors (Lipinski definition) is 2. The third-order valence-electron chi connectivity index (χ3n) is 16.6. The molecule has 0 radical (unpaired) electrons. The highest BCUT2D eigenvalue weighted by Gasteiger charge is 2.16. The van der Waals surface area contributed by atoms with Crippen molar-refractivity contribution in [3.8, 4) is 5.75 Å². The summed E-state index contributed by atoms with van der Waals surface area (Å²) in [6.07, 6.45) is 77.7. The number of carbonyl (C=O) groups excluding carboxylic acids is 2. The molecule has 0 bridgehead atoms. The van der Waals surface area contributed by atoms with Crippen LogP contribution in [0.4, 0.5) is 0 Å². The average molecular weight is 1060 g/mol. The first kappa shape index (κ1) is 72.0. The Morgan fingerprint density at radius 1 is 0.289 bits per heavy atom. The van der Waals surface area contributed by atoms with Crippen molar-refractivity contribution >= 4 is 11.8 Å². The lowest BCUT2D eigenvalue weighted by atomic mass is 10.0. The Kier molecular flexibility index (Phi) is 57.4. The zero-order chi connectivity index (χ0) is 54.6. The summed E-state index contributed by atoms with van der Waals surface area (Å²) in [5.41, 5.74) is 1.12. The van der Waals surface area contributed by atoms with Crippen molar-refractivity contribution in [3.63, 3.8) is 0 Å². The molecule has 0 saturated carbocycles. The van der Waals surface area contributed by atoms with E-state index in [1.807, 2.05) is 6.07 Å². The van der Waals surface area contributed by atoms with Gasteiger partial charge in [0.1, 0.15) is 5.75 Å². The molecule has 76 heavy (non-hydrogen) atoms. The molecule has 0 aromatic heterocycles. The number of benzene rings is 1. The topological polar surface area (TPSA) is 67.4 Å². The lowest BCUT2D eigenvalue weighted by Crippen LogP contribution is -2.26. The maximum absolute atomic E-state index is 13.5. The predicted octanol–water partition coefficient (Wildman–Crippen LogP) is 23.8. The zero-order valence-corrected chi connectivity index (χ0v) is 51.9. The molecule has 0 fully saturated rings. The van der Waals surface area contributed by atoms with E-state index >= 15 is 0 Å². The van der Waals surface area contributed by atoms with E-state index in [2.05, 4.69) is 31.4 Å². The smallest absolute Gasteiger partial charge is 0.255 e. The number of amides is 2. The van der Waals surface area contributed by atoms with E-state index in [1.165, 1.54) is 327 Å². The molecular weight excluding hydrogens is 929 g/mol. The average Bonchev–Trinajstić information content (AvgIpc) is 3.43. The summed E-state index contributed by atoms with van der Waals surface area (Å²) >= 11 is 0. The van der Waals surface area contributed by atoms with Gasteiger partial charge in [0.15, 0.2) is 0 Å². The number of hydrogen-bond acceptors (Lipinski definition) is 3. The van der Waals surface area contributed by atoms with Gasteiger partial charge in [-0.2, -0.15) is 0 Å². The van der Waals surface area contributed by atoms with Gasteiger partial charge in [-0.25, -0.2) is 0 Å². The molecule has 0 spiro atoms. The summed E-state index contributed by atoms with van der Waals surface area (Å²) in [6, 6.07) is 5.42. The van der Waals surface area contributed by atoms with Crippen LogP contribution < -0.4 is 15.4 Å². The second kappa shape index (κ2) is 60.6. The lowest BCUT2D eigenvalue weighted by molar-refractivity contribution is 0.0937. The summed E-state index contributed by atoms with van der Waals surface area (Å²) < 4.78 is 6.30. The Morgan fingerprint density at radius 3 is 0.776 bits per heavy atom. The maximum atomic E-state index is 13.5. The van der Waals surface area contributed by atoms with E-state index in [-0.39, 0.29) is 11.8 Å². The van der Waals surface area contributed by atoms with Crippen LogP contribution in [-0.2, 0) is 0 Å². The summed E-state index contributed by atoms with van der Waals surface area (Å²) in [5, 5.41) is 6.33. The molecule has 5 nitrogen and oxygen atoms in total. The molecule has 0 aliphatic heterocycles. The van der Waals surface area contributed by atoms with Gasteiger partial charge in [-0.15, -0.1) is 0 Å². The first-order valence-corrected chi connectivity index (χ1v) is 35.0. The van der Waals surface area contributed by atoms with E-state index in [1.54, 1.807) is 12.1 Å². The third kappa shape index (κ3) is 50.2. The van der Waals surface area contributed by atoms with Gasteiger partial charge >= 0.3 is 0 Å². The molecule has 1 aromatic carbocycles. The van der Waals surface area contributed by atoms with Gasteiger partial charge in [0, 0.05) is 18.7 Å². The quantitative estimate of drug-likeness (QED) is 0.0639. The van der Waals surface area contributed by atoms with Crippen LogP contribution in [0.3, 0.4) is 0 Å². The fourth-order valence-electron chi connectivity index (χ4n) is 11.3. The van der Waals surface area contributed by atoms with Crippen molar-refractivity contribution in [2.75, 3.05) is 19.7 Å². The Hall–Kier alpha value is -2.04. The fraction of sp³-hybridized carbons (Fsp3) is 0.887. The molecule has 0 aliphatic rings.